The summed E-state index contributed by atoms with van der Waals surface area (Å²) in [5.74, 6) is -0.434. The van der Waals surface area contributed by atoms with Crippen LogP contribution in [0.1, 0.15) is 28.9 Å². The van der Waals surface area contributed by atoms with Crippen LogP contribution in [-0.2, 0) is 11.3 Å². The van der Waals surface area contributed by atoms with E-state index < -0.39 is 5.91 Å². The van der Waals surface area contributed by atoms with E-state index in [0.29, 0.717) is 22.0 Å². The highest BCUT2D eigenvalue weighted by Crippen LogP contribution is 2.22. The van der Waals surface area contributed by atoms with Gasteiger partial charge in [-0.05, 0) is 35.9 Å². The molecule has 3 N–H and O–H groups in total. The van der Waals surface area contributed by atoms with Crippen LogP contribution in [0, 0.1) is 0 Å². The molecule has 138 valence electrons. The average molecular weight is 385 g/mol. The number of nitrogens with zero attached hydrogens (tertiary/aromatic N) is 4. The van der Waals surface area contributed by atoms with E-state index in [1.165, 1.54) is 4.80 Å². The number of nitrogens with one attached hydrogen (secondary N) is 1. The monoisotopic (exact) mass is 384 g/mol. The number of primary amides is 1. The van der Waals surface area contributed by atoms with Crippen molar-refractivity contribution in [1.82, 2.24) is 25.5 Å². The van der Waals surface area contributed by atoms with Crippen molar-refractivity contribution in [3.8, 4) is 11.4 Å². The molecule has 1 atom stereocenters. The Morgan fingerprint density at radius 2 is 1.89 bits per heavy atom. The molecule has 3 aromatic rings. The normalized spacial score (nSPS) is 11.8. The number of hydrogen-bond acceptors (Lipinski definition) is 5. The summed E-state index contributed by atoms with van der Waals surface area (Å²) in [6, 6.07) is 13.6. The van der Waals surface area contributed by atoms with Gasteiger partial charge in [0, 0.05) is 16.1 Å². The number of nitrogens with two attached hydrogens (primary N) is 1. The van der Waals surface area contributed by atoms with Gasteiger partial charge in [-0.2, -0.15) is 4.80 Å². The minimum absolute atomic E-state index is 0.0822. The van der Waals surface area contributed by atoms with Crippen molar-refractivity contribution in [2.24, 2.45) is 5.73 Å². The third-order valence-corrected chi connectivity index (χ3v) is 4.26. The van der Waals surface area contributed by atoms with Crippen molar-refractivity contribution in [2.75, 3.05) is 0 Å². The topological polar surface area (TPSA) is 116 Å². The zero-order valence-electron chi connectivity index (χ0n) is 14.5. The second-order valence-electron chi connectivity index (χ2n) is 5.90. The molecule has 1 heterocycles. The lowest BCUT2D eigenvalue weighted by Gasteiger charge is -2.15. The maximum atomic E-state index is 12.2. The zero-order chi connectivity index (χ0) is 19.4. The van der Waals surface area contributed by atoms with Gasteiger partial charge in [-0.15, -0.1) is 10.2 Å². The first-order chi connectivity index (χ1) is 12.9. The quantitative estimate of drug-likeness (QED) is 0.674. The fraction of sp³-hybridized carbons (Fsp3) is 0.167. The second kappa shape index (κ2) is 7.96. The largest absolute Gasteiger partial charge is 0.366 e. The van der Waals surface area contributed by atoms with Crippen molar-refractivity contribution in [3.05, 3.63) is 64.7 Å². The second-order valence-corrected chi connectivity index (χ2v) is 6.30. The highest BCUT2D eigenvalue weighted by atomic mass is 35.5. The number of rotatable bonds is 6. The van der Waals surface area contributed by atoms with E-state index in [1.54, 1.807) is 30.3 Å². The number of carbonyl (C=O) groups is 2. The summed E-state index contributed by atoms with van der Waals surface area (Å²) in [7, 11) is 0. The zero-order valence-corrected chi connectivity index (χ0v) is 15.2. The molecule has 0 aliphatic heterocycles. The van der Waals surface area contributed by atoms with Crippen molar-refractivity contribution in [3.63, 3.8) is 0 Å². The molecule has 0 fully saturated rings. The maximum Gasteiger partial charge on any atom is 0.248 e. The first-order valence-electron chi connectivity index (χ1n) is 8.16. The van der Waals surface area contributed by atoms with Crippen LogP contribution < -0.4 is 11.1 Å². The fourth-order valence-electron chi connectivity index (χ4n) is 2.53. The molecule has 9 heteroatoms. The van der Waals surface area contributed by atoms with E-state index in [9.17, 15) is 9.59 Å². The highest BCUT2D eigenvalue weighted by Gasteiger charge is 2.14. The van der Waals surface area contributed by atoms with E-state index in [0.717, 1.165) is 5.56 Å². The van der Waals surface area contributed by atoms with E-state index in [1.807, 2.05) is 25.1 Å². The van der Waals surface area contributed by atoms with Crippen LogP contribution in [0.2, 0.25) is 5.02 Å². The van der Waals surface area contributed by atoms with Crippen LogP contribution in [0.5, 0.6) is 0 Å². The fourth-order valence-corrected chi connectivity index (χ4v) is 2.83. The van der Waals surface area contributed by atoms with E-state index in [2.05, 4.69) is 20.7 Å². The van der Waals surface area contributed by atoms with Crippen molar-refractivity contribution in [2.45, 2.75) is 19.5 Å². The van der Waals surface area contributed by atoms with Gasteiger partial charge >= 0.3 is 0 Å². The maximum absolute atomic E-state index is 12.2. The molecule has 0 unspecified atom stereocenters. The Bertz CT molecular complexity index is 970. The number of halogens is 1. The molecule has 0 aliphatic rings. The predicted octanol–water partition coefficient (Wildman–Crippen LogP) is 1.97. The van der Waals surface area contributed by atoms with E-state index in [4.69, 9.17) is 17.3 Å². The number of tetrazole rings is 1. The number of amides is 2. The van der Waals surface area contributed by atoms with Crippen LogP contribution in [0.25, 0.3) is 11.4 Å². The molecule has 0 spiro atoms. The molecular formula is C18H17ClN6O2. The predicted molar refractivity (Wildman–Crippen MR) is 99.8 cm³/mol. The third-order valence-electron chi connectivity index (χ3n) is 3.91. The minimum Gasteiger partial charge on any atom is -0.366 e. The molecule has 3 rings (SSSR count). The van der Waals surface area contributed by atoms with Gasteiger partial charge in [-0.1, -0.05) is 41.9 Å². The van der Waals surface area contributed by atoms with Gasteiger partial charge in [0.15, 0.2) is 0 Å². The minimum atomic E-state index is -0.512. The van der Waals surface area contributed by atoms with Gasteiger partial charge < -0.3 is 11.1 Å². The Morgan fingerprint density at radius 3 is 2.56 bits per heavy atom. The molecule has 0 aliphatic carbocycles. The summed E-state index contributed by atoms with van der Waals surface area (Å²) in [5.41, 5.74) is 7.09. The van der Waals surface area contributed by atoms with Crippen LogP contribution >= 0.6 is 11.6 Å². The van der Waals surface area contributed by atoms with Crippen LogP contribution in [0.3, 0.4) is 0 Å². The molecule has 2 aromatic carbocycles. The molecular weight excluding hydrogens is 368 g/mol. The lowest BCUT2D eigenvalue weighted by molar-refractivity contribution is -0.122. The Kier molecular flexibility index (Phi) is 5.46. The number of aromatic nitrogens is 4. The van der Waals surface area contributed by atoms with Gasteiger partial charge in [0.25, 0.3) is 0 Å². The Labute approximate surface area is 160 Å². The SMILES string of the molecule is C[C@H](NC(=O)Cn1nnc(-c2ccc(C(N)=O)cc2)n1)c1ccccc1Cl. The molecule has 8 nitrogen and oxygen atoms in total. The average Bonchev–Trinajstić information content (AvgIpc) is 3.10. The van der Waals surface area contributed by atoms with E-state index in [-0.39, 0.29) is 18.5 Å². The molecule has 0 saturated carbocycles. The summed E-state index contributed by atoms with van der Waals surface area (Å²) in [5, 5.41) is 15.4. The van der Waals surface area contributed by atoms with Gasteiger partial charge in [-0.25, -0.2) is 0 Å². The molecule has 1 aromatic heterocycles. The first-order valence-corrected chi connectivity index (χ1v) is 8.53. The summed E-state index contributed by atoms with van der Waals surface area (Å²) in [4.78, 5) is 24.5. The summed E-state index contributed by atoms with van der Waals surface area (Å²) < 4.78 is 0. The summed E-state index contributed by atoms with van der Waals surface area (Å²) in [6.07, 6.45) is 0. The van der Waals surface area contributed by atoms with Crippen molar-refractivity contribution >= 4 is 23.4 Å². The molecule has 0 bridgehead atoms. The van der Waals surface area contributed by atoms with Gasteiger partial charge in [0.05, 0.1) is 6.04 Å². The Hall–Kier alpha value is -3.26. The van der Waals surface area contributed by atoms with Gasteiger partial charge in [0.2, 0.25) is 17.6 Å². The van der Waals surface area contributed by atoms with Gasteiger partial charge in [0.1, 0.15) is 6.54 Å². The van der Waals surface area contributed by atoms with E-state index >= 15 is 0 Å². The summed E-state index contributed by atoms with van der Waals surface area (Å²) in [6.45, 7) is 1.76. The van der Waals surface area contributed by atoms with Crippen LogP contribution in [-0.4, -0.2) is 32.0 Å². The Morgan fingerprint density at radius 1 is 1.19 bits per heavy atom. The number of benzene rings is 2. The Balaban J connectivity index is 1.64. The molecule has 27 heavy (non-hydrogen) atoms. The first kappa shape index (κ1) is 18.5. The molecule has 0 saturated heterocycles. The molecule has 0 radical (unpaired) electrons. The highest BCUT2D eigenvalue weighted by molar-refractivity contribution is 6.31. The lowest BCUT2D eigenvalue weighted by Crippen LogP contribution is -2.31. The lowest BCUT2D eigenvalue weighted by atomic mass is 10.1. The third kappa shape index (κ3) is 4.48. The molecule has 2 amide bonds. The smallest absolute Gasteiger partial charge is 0.248 e. The summed E-state index contributed by atoms with van der Waals surface area (Å²) >= 11 is 6.14. The van der Waals surface area contributed by atoms with Crippen molar-refractivity contribution in [1.29, 1.82) is 0 Å². The van der Waals surface area contributed by atoms with Crippen LogP contribution in [0.4, 0.5) is 0 Å². The standard InChI is InChI=1S/C18H17ClN6O2/c1-11(14-4-2-3-5-15(14)19)21-16(26)10-25-23-18(22-24-25)13-8-6-12(7-9-13)17(20)27/h2-9,11H,10H2,1H3,(H2,20,27)(H,21,26)/t11-/m0/s1. The number of hydrogen-bond donors (Lipinski definition) is 2. The van der Waals surface area contributed by atoms with Crippen LogP contribution in [0.15, 0.2) is 48.5 Å². The van der Waals surface area contributed by atoms with Gasteiger partial charge in [-0.3, -0.25) is 9.59 Å². The number of carbonyl (C=O) groups excluding carboxylic acids is 2. The van der Waals surface area contributed by atoms with Crippen molar-refractivity contribution < 1.29 is 9.59 Å².